The summed E-state index contributed by atoms with van der Waals surface area (Å²) in [6.07, 6.45) is 2.63. The second-order valence-corrected chi connectivity index (χ2v) is 10.5. The van der Waals surface area contributed by atoms with Gasteiger partial charge in [-0.3, -0.25) is 9.10 Å². The van der Waals surface area contributed by atoms with Gasteiger partial charge >= 0.3 is 0 Å². The van der Waals surface area contributed by atoms with Gasteiger partial charge in [0, 0.05) is 33.0 Å². The van der Waals surface area contributed by atoms with Crippen LogP contribution in [0.25, 0.3) is 16.5 Å². The number of halogens is 1. The number of sulfonamides is 1. The van der Waals surface area contributed by atoms with Crippen molar-refractivity contribution in [2.75, 3.05) is 17.1 Å². The van der Waals surface area contributed by atoms with Gasteiger partial charge in [0.2, 0.25) is 10.0 Å². The molecule has 0 saturated heterocycles. The molecule has 4 aromatic rings. The maximum Gasteiger partial charge on any atom is 0.260 e. The molecule has 35 heavy (non-hydrogen) atoms. The van der Waals surface area contributed by atoms with Crippen LogP contribution in [-0.2, 0) is 14.8 Å². The monoisotopic (exact) mass is 508 g/mol. The Hall–Kier alpha value is -3.62. The van der Waals surface area contributed by atoms with Gasteiger partial charge in [0.05, 0.1) is 18.2 Å². The lowest BCUT2D eigenvalue weighted by atomic mass is 10.1. The number of carbonyl (C=O) groups is 1. The molecule has 3 aromatic carbocycles. The summed E-state index contributed by atoms with van der Waals surface area (Å²) >= 11 is 6.00. The molecule has 0 radical (unpaired) electrons. The Kier molecular flexibility index (Phi) is 6.95. The summed E-state index contributed by atoms with van der Waals surface area (Å²) in [6, 6.07) is 22.2. The lowest BCUT2D eigenvalue weighted by molar-refractivity contribution is -0.119. The highest BCUT2D eigenvalue weighted by Crippen LogP contribution is 2.28. The van der Waals surface area contributed by atoms with Crippen molar-refractivity contribution in [1.82, 2.24) is 9.99 Å². The fourth-order valence-corrected chi connectivity index (χ4v) is 5.05. The molecule has 4 rings (SSSR count). The maximum atomic E-state index is 12.7. The molecule has 1 amide bonds. The van der Waals surface area contributed by atoms with Crippen molar-refractivity contribution in [3.8, 4) is 5.69 Å². The van der Waals surface area contributed by atoms with E-state index in [4.69, 9.17) is 11.6 Å². The molecule has 0 atom stereocenters. The van der Waals surface area contributed by atoms with Crippen LogP contribution in [0, 0.1) is 13.8 Å². The largest absolute Gasteiger partial charge is 0.318 e. The molecule has 180 valence electrons. The van der Waals surface area contributed by atoms with Crippen molar-refractivity contribution in [1.29, 1.82) is 0 Å². The molecule has 0 aliphatic rings. The molecule has 1 heterocycles. The third kappa shape index (κ3) is 5.39. The SMILES string of the molecule is Cc1cc(/C=N/NC(=O)CN(c2cccc3ccccc23)S(C)(=O)=O)c(C)n1-c1ccc(Cl)cc1. The van der Waals surface area contributed by atoms with E-state index >= 15 is 0 Å². The summed E-state index contributed by atoms with van der Waals surface area (Å²) in [5.41, 5.74) is 6.62. The van der Waals surface area contributed by atoms with E-state index in [-0.39, 0.29) is 0 Å². The van der Waals surface area contributed by atoms with Crippen LogP contribution in [0.4, 0.5) is 5.69 Å². The van der Waals surface area contributed by atoms with E-state index < -0.39 is 22.5 Å². The van der Waals surface area contributed by atoms with Crippen LogP contribution in [0.15, 0.2) is 77.9 Å². The molecule has 7 nitrogen and oxygen atoms in total. The summed E-state index contributed by atoms with van der Waals surface area (Å²) in [7, 11) is -3.72. The van der Waals surface area contributed by atoms with Crippen LogP contribution in [0.2, 0.25) is 5.02 Å². The third-order valence-electron chi connectivity index (χ3n) is 5.67. The minimum absolute atomic E-state index is 0.395. The van der Waals surface area contributed by atoms with E-state index in [0.717, 1.165) is 44.0 Å². The first-order chi connectivity index (χ1) is 16.6. The summed E-state index contributed by atoms with van der Waals surface area (Å²) in [5, 5.41) is 6.36. The number of aryl methyl sites for hydroxylation is 1. The van der Waals surface area contributed by atoms with Gasteiger partial charge in [-0.25, -0.2) is 13.8 Å². The van der Waals surface area contributed by atoms with Crippen LogP contribution in [0.5, 0.6) is 0 Å². The topological polar surface area (TPSA) is 83.8 Å². The zero-order chi connectivity index (χ0) is 25.2. The Bertz CT molecular complexity index is 1520. The van der Waals surface area contributed by atoms with Gasteiger partial charge in [0.1, 0.15) is 6.54 Å². The lowest BCUT2D eigenvalue weighted by Crippen LogP contribution is -2.39. The molecule has 0 aliphatic heterocycles. The highest BCUT2D eigenvalue weighted by Gasteiger charge is 2.22. The van der Waals surface area contributed by atoms with Crippen molar-refractivity contribution in [3.05, 3.63) is 94.8 Å². The predicted octanol–water partition coefficient (Wildman–Crippen LogP) is 4.82. The van der Waals surface area contributed by atoms with Crippen molar-refractivity contribution >= 4 is 50.2 Å². The highest BCUT2D eigenvalue weighted by atomic mass is 35.5. The molecule has 9 heteroatoms. The number of aromatic nitrogens is 1. The van der Waals surface area contributed by atoms with Gasteiger partial charge in [0.25, 0.3) is 5.91 Å². The number of hydrazone groups is 1. The minimum Gasteiger partial charge on any atom is -0.318 e. The summed E-state index contributed by atoms with van der Waals surface area (Å²) in [4.78, 5) is 12.7. The second-order valence-electron chi connectivity index (χ2n) is 8.20. The smallest absolute Gasteiger partial charge is 0.260 e. The van der Waals surface area contributed by atoms with E-state index in [1.807, 2.05) is 74.5 Å². The number of fused-ring (bicyclic) bond motifs is 1. The third-order valence-corrected chi connectivity index (χ3v) is 7.05. The molecule has 1 aromatic heterocycles. The van der Waals surface area contributed by atoms with Gasteiger partial charge in [-0.05, 0) is 55.6 Å². The average Bonchev–Trinajstić information content (AvgIpc) is 3.10. The maximum absolute atomic E-state index is 12.7. The van der Waals surface area contributed by atoms with E-state index in [1.54, 1.807) is 18.3 Å². The normalized spacial score (nSPS) is 11.8. The van der Waals surface area contributed by atoms with Crippen LogP contribution in [0.1, 0.15) is 17.0 Å². The predicted molar refractivity (Wildman–Crippen MR) is 142 cm³/mol. The lowest BCUT2D eigenvalue weighted by Gasteiger charge is -2.23. The van der Waals surface area contributed by atoms with Crippen molar-refractivity contribution in [2.45, 2.75) is 13.8 Å². The van der Waals surface area contributed by atoms with Crippen LogP contribution >= 0.6 is 11.6 Å². The van der Waals surface area contributed by atoms with Gasteiger partial charge in [0.15, 0.2) is 0 Å². The Balaban J connectivity index is 1.52. The van der Waals surface area contributed by atoms with Gasteiger partial charge < -0.3 is 4.57 Å². The van der Waals surface area contributed by atoms with Crippen molar-refractivity contribution in [2.24, 2.45) is 5.10 Å². The summed E-state index contributed by atoms with van der Waals surface area (Å²) < 4.78 is 28.2. The second kappa shape index (κ2) is 9.93. The number of amides is 1. The summed E-state index contributed by atoms with van der Waals surface area (Å²) in [5.74, 6) is -0.550. The van der Waals surface area contributed by atoms with Crippen LogP contribution in [-0.4, -0.2) is 37.9 Å². The molecule has 0 aliphatic carbocycles. The van der Waals surface area contributed by atoms with E-state index in [9.17, 15) is 13.2 Å². The number of carbonyl (C=O) groups excluding carboxylic acids is 1. The van der Waals surface area contributed by atoms with E-state index in [1.165, 1.54) is 0 Å². The fraction of sp³-hybridized carbons (Fsp3) is 0.154. The van der Waals surface area contributed by atoms with Gasteiger partial charge in [-0.15, -0.1) is 0 Å². The first-order valence-electron chi connectivity index (χ1n) is 10.9. The first kappa shape index (κ1) is 24.5. The van der Waals surface area contributed by atoms with E-state index in [2.05, 4.69) is 15.1 Å². The Morgan fingerprint density at radius 2 is 1.74 bits per heavy atom. The molecule has 0 fully saturated rings. The van der Waals surface area contributed by atoms with Gasteiger partial charge in [-0.1, -0.05) is 48.0 Å². The molecular formula is C26H25ClN4O3S. The number of anilines is 1. The molecule has 0 unspecified atom stereocenters. The zero-order valence-corrected chi connectivity index (χ0v) is 21.1. The number of nitrogens with one attached hydrogen (secondary N) is 1. The number of hydrogen-bond donors (Lipinski definition) is 1. The molecule has 1 N–H and O–H groups in total. The quantitative estimate of drug-likeness (QED) is 0.287. The van der Waals surface area contributed by atoms with Gasteiger partial charge in [-0.2, -0.15) is 5.10 Å². The first-order valence-corrected chi connectivity index (χ1v) is 13.1. The van der Waals surface area contributed by atoms with E-state index in [0.29, 0.717) is 10.7 Å². The number of benzene rings is 3. The fourth-order valence-electron chi connectivity index (χ4n) is 4.05. The zero-order valence-electron chi connectivity index (χ0n) is 19.6. The summed E-state index contributed by atoms with van der Waals surface area (Å²) in [6.45, 7) is 3.54. The molecule has 0 bridgehead atoms. The van der Waals surface area contributed by atoms with Crippen molar-refractivity contribution < 1.29 is 13.2 Å². The van der Waals surface area contributed by atoms with Crippen molar-refractivity contribution in [3.63, 3.8) is 0 Å². The van der Waals surface area contributed by atoms with Crippen LogP contribution in [0.3, 0.4) is 0 Å². The number of hydrogen-bond acceptors (Lipinski definition) is 4. The average molecular weight is 509 g/mol. The van der Waals surface area contributed by atoms with Crippen LogP contribution < -0.4 is 9.73 Å². The number of nitrogens with zero attached hydrogens (tertiary/aromatic N) is 3. The highest BCUT2D eigenvalue weighted by molar-refractivity contribution is 7.92. The molecule has 0 spiro atoms. The minimum atomic E-state index is -3.72. The Morgan fingerprint density at radius 1 is 1.06 bits per heavy atom. The molecular weight excluding hydrogens is 484 g/mol. The Morgan fingerprint density at radius 3 is 2.46 bits per heavy atom. The molecule has 0 saturated carbocycles. The standard InChI is InChI=1S/C26H25ClN4O3S/c1-18-15-21(19(2)31(18)23-13-11-22(27)12-14-23)16-28-29-26(32)17-30(35(3,33)34)25-10-6-8-20-7-4-5-9-24(20)25/h4-16H,17H2,1-3H3,(H,29,32)/b28-16+. The Labute approximate surface area is 209 Å². The number of rotatable bonds is 7.